The van der Waals surface area contributed by atoms with Gasteiger partial charge in [0.05, 0.1) is 32.1 Å². The molecule has 12 nitrogen and oxygen atoms in total. The molecule has 46 heavy (non-hydrogen) atoms. The van der Waals surface area contributed by atoms with Crippen molar-refractivity contribution < 1.29 is 32.2 Å². The maximum Gasteiger partial charge on any atom is 0.409 e. The minimum Gasteiger partial charge on any atom is -0.481 e. The van der Waals surface area contributed by atoms with Gasteiger partial charge in [-0.2, -0.15) is 4.31 Å². The average Bonchev–Trinajstić information content (AvgIpc) is 3.77. The molecule has 1 spiro atoms. The molecule has 4 heterocycles. The Labute approximate surface area is 271 Å². The Morgan fingerprint density at radius 3 is 2.57 bits per heavy atom. The van der Waals surface area contributed by atoms with Crippen LogP contribution in [0.4, 0.5) is 10.5 Å². The lowest BCUT2D eigenvalue weighted by molar-refractivity contribution is -0.118. The zero-order chi connectivity index (χ0) is 32.5. The first kappa shape index (κ1) is 31.9. The predicted octanol–water partition coefficient (Wildman–Crippen LogP) is 3.84. The molecule has 6 rings (SSSR count). The number of benzene rings is 2. The van der Waals surface area contributed by atoms with E-state index in [1.807, 2.05) is 30.3 Å². The van der Waals surface area contributed by atoms with Gasteiger partial charge >= 0.3 is 6.09 Å². The number of aromatic nitrogens is 2. The van der Waals surface area contributed by atoms with E-state index in [1.54, 1.807) is 47.2 Å². The number of nitrogens with zero attached hydrogens (tertiary/aromatic N) is 5. The molecule has 0 bridgehead atoms. The SMILES string of the molecule is COCCN(Cc1ccccc1)S(=O)(=O)c1ccc2c(c1)[C@]1(CCN(C(=O)OC)C1)CN2C(=O)Cc1nc2ccc(OC)nc2s1. The average molecular weight is 666 g/mol. The van der Waals surface area contributed by atoms with Gasteiger partial charge in [-0.15, -0.1) is 0 Å². The van der Waals surface area contributed by atoms with Crippen molar-refractivity contribution in [2.45, 2.75) is 29.7 Å². The van der Waals surface area contributed by atoms with Crippen molar-refractivity contribution >= 4 is 49.4 Å². The fourth-order valence-corrected chi connectivity index (χ4v) is 8.57. The van der Waals surface area contributed by atoms with Gasteiger partial charge in [-0.25, -0.2) is 23.2 Å². The number of fused-ring (bicyclic) bond motifs is 3. The Kier molecular flexibility index (Phi) is 8.97. The number of methoxy groups -OCH3 is 3. The van der Waals surface area contributed by atoms with Crippen LogP contribution in [0.2, 0.25) is 0 Å². The Bertz CT molecular complexity index is 1870. The van der Waals surface area contributed by atoms with Gasteiger partial charge in [-0.05, 0) is 41.8 Å². The Hall–Kier alpha value is -4.11. The summed E-state index contributed by atoms with van der Waals surface area (Å²) in [5.41, 5.74) is 2.21. The number of amides is 2. The lowest BCUT2D eigenvalue weighted by Gasteiger charge is -2.26. The molecule has 1 saturated heterocycles. The number of carbonyl (C=O) groups excluding carboxylic acids is 2. The maximum atomic E-state index is 14.1. The van der Waals surface area contributed by atoms with E-state index in [4.69, 9.17) is 14.2 Å². The smallest absolute Gasteiger partial charge is 0.409 e. The van der Waals surface area contributed by atoms with Crippen LogP contribution in [-0.2, 0) is 42.7 Å². The second-order valence-corrected chi connectivity index (χ2v) is 14.4. The van der Waals surface area contributed by atoms with Crippen molar-refractivity contribution in [1.82, 2.24) is 19.2 Å². The van der Waals surface area contributed by atoms with Crippen LogP contribution in [0.3, 0.4) is 0 Å². The van der Waals surface area contributed by atoms with Gasteiger partial charge in [0.15, 0.2) is 0 Å². The van der Waals surface area contributed by atoms with Crippen LogP contribution in [0.5, 0.6) is 5.88 Å². The quantitative estimate of drug-likeness (QED) is 0.248. The van der Waals surface area contributed by atoms with Crippen LogP contribution < -0.4 is 9.64 Å². The van der Waals surface area contributed by atoms with Gasteiger partial charge in [0, 0.05) is 57.0 Å². The first-order chi connectivity index (χ1) is 22.2. The second-order valence-electron chi connectivity index (χ2n) is 11.4. The minimum absolute atomic E-state index is 0.0432. The topological polar surface area (TPSA) is 131 Å². The number of thiazole rings is 1. The summed E-state index contributed by atoms with van der Waals surface area (Å²) < 4.78 is 45.1. The van der Waals surface area contributed by atoms with Gasteiger partial charge < -0.3 is 24.0 Å². The summed E-state index contributed by atoms with van der Waals surface area (Å²) in [7, 11) is 0.450. The third-order valence-electron chi connectivity index (χ3n) is 8.55. The highest BCUT2D eigenvalue weighted by atomic mass is 32.2. The highest BCUT2D eigenvalue weighted by Gasteiger charge is 2.50. The first-order valence-corrected chi connectivity index (χ1v) is 17.0. The molecule has 4 aromatic rings. The van der Waals surface area contributed by atoms with Gasteiger partial charge in [0.1, 0.15) is 15.4 Å². The summed E-state index contributed by atoms with van der Waals surface area (Å²) in [4.78, 5) is 39.6. The number of sulfonamides is 1. The van der Waals surface area contributed by atoms with Crippen LogP contribution in [0.25, 0.3) is 10.3 Å². The van der Waals surface area contributed by atoms with E-state index in [0.29, 0.717) is 53.0 Å². The number of anilines is 1. The fraction of sp³-hybridized carbons (Fsp3) is 0.375. The molecule has 0 saturated carbocycles. The number of hydrogen-bond acceptors (Lipinski definition) is 10. The summed E-state index contributed by atoms with van der Waals surface area (Å²) >= 11 is 1.33. The molecule has 0 aliphatic carbocycles. The number of hydrogen-bond donors (Lipinski definition) is 0. The van der Waals surface area contributed by atoms with Crippen LogP contribution in [0, 0.1) is 0 Å². The van der Waals surface area contributed by atoms with Crippen LogP contribution in [0.15, 0.2) is 65.6 Å². The number of likely N-dealkylation sites (tertiary alicyclic amines) is 1. The van der Waals surface area contributed by atoms with Gasteiger partial charge in [0.2, 0.25) is 21.8 Å². The molecule has 2 aliphatic rings. The molecule has 1 atom stereocenters. The van der Waals surface area contributed by atoms with Gasteiger partial charge in [-0.1, -0.05) is 41.7 Å². The Balaban J connectivity index is 1.35. The molecule has 0 N–H and O–H groups in total. The molecule has 2 aromatic heterocycles. The molecular formula is C32H35N5O7S2. The number of rotatable bonds is 10. The molecule has 2 aromatic carbocycles. The van der Waals surface area contributed by atoms with Crippen LogP contribution in [0.1, 0.15) is 22.6 Å². The molecule has 0 radical (unpaired) electrons. The molecular weight excluding hydrogens is 631 g/mol. The van der Waals surface area contributed by atoms with Gasteiger partial charge in [-0.3, -0.25) is 4.79 Å². The van der Waals surface area contributed by atoms with Crippen molar-refractivity contribution in [3.63, 3.8) is 0 Å². The number of pyridine rings is 1. The minimum atomic E-state index is -3.96. The summed E-state index contributed by atoms with van der Waals surface area (Å²) in [6, 6.07) is 17.9. The van der Waals surface area contributed by atoms with E-state index in [9.17, 15) is 18.0 Å². The summed E-state index contributed by atoms with van der Waals surface area (Å²) in [6.45, 7) is 1.59. The third-order valence-corrected chi connectivity index (χ3v) is 11.4. The van der Waals surface area contributed by atoms with Crippen molar-refractivity contribution in [2.75, 3.05) is 59.0 Å². The molecule has 14 heteroatoms. The molecule has 2 aliphatic heterocycles. The van der Waals surface area contributed by atoms with E-state index in [0.717, 1.165) is 11.1 Å². The number of ether oxygens (including phenoxy) is 3. The van der Waals surface area contributed by atoms with Crippen molar-refractivity contribution in [3.8, 4) is 5.88 Å². The van der Waals surface area contributed by atoms with Crippen molar-refractivity contribution in [1.29, 1.82) is 0 Å². The van der Waals surface area contributed by atoms with E-state index >= 15 is 0 Å². The van der Waals surface area contributed by atoms with Crippen molar-refractivity contribution in [3.05, 3.63) is 76.8 Å². The van der Waals surface area contributed by atoms with Gasteiger partial charge in [0.25, 0.3) is 0 Å². The maximum absolute atomic E-state index is 14.1. The van der Waals surface area contributed by atoms with E-state index in [1.165, 1.54) is 29.9 Å². The summed E-state index contributed by atoms with van der Waals surface area (Å²) in [5, 5.41) is 0.611. The molecule has 1 fully saturated rings. The largest absolute Gasteiger partial charge is 0.481 e. The lowest BCUT2D eigenvalue weighted by Crippen LogP contribution is -2.40. The fourth-order valence-electron chi connectivity index (χ4n) is 6.21. The zero-order valence-corrected chi connectivity index (χ0v) is 27.5. The molecule has 242 valence electrons. The lowest BCUT2D eigenvalue weighted by atomic mass is 9.81. The van der Waals surface area contributed by atoms with Crippen LogP contribution in [-0.4, -0.2) is 93.7 Å². The second kappa shape index (κ2) is 12.9. The Morgan fingerprint density at radius 1 is 1.02 bits per heavy atom. The summed E-state index contributed by atoms with van der Waals surface area (Å²) in [6.07, 6.45) is 0.129. The van der Waals surface area contributed by atoms with E-state index < -0.39 is 21.5 Å². The van der Waals surface area contributed by atoms with Crippen LogP contribution >= 0.6 is 11.3 Å². The molecule has 0 unspecified atom stereocenters. The third kappa shape index (κ3) is 6.05. The summed E-state index contributed by atoms with van der Waals surface area (Å²) in [5.74, 6) is 0.290. The van der Waals surface area contributed by atoms with Crippen molar-refractivity contribution in [2.24, 2.45) is 0 Å². The Morgan fingerprint density at radius 2 is 1.83 bits per heavy atom. The van der Waals surface area contributed by atoms with E-state index in [-0.39, 0.29) is 36.9 Å². The van der Waals surface area contributed by atoms with E-state index in [2.05, 4.69) is 9.97 Å². The zero-order valence-electron chi connectivity index (χ0n) is 25.8. The number of carbonyl (C=O) groups is 2. The standard InChI is InChI=1S/C32H35N5O7S2/c1-42-16-15-36(19-22-7-5-4-6-8-22)46(40,41)23-9-11-26-24(17-23)32(13-14-35(20-32)31(39)44-3)21-37(26)29(38)18-28-33-25-10-12-27(43-2)34-30(25)45-28/h4-12,17H,13-16,18-21H2,1-3H3/t32-/m0/s1. The first-order valence-electron chi connectivity index (χ1n) is 14.8. The molecule has 2 amide bonds. The monoisotopic (exact) mass is 665 g/mol. The predicted molar refractivity (Wildman–Crippen MR) is 173 cm³/mol. The highest BCUT2D eigenvalue weighted by molar-refractivity contribution is 7.89. The normalized spacial score (nSPS) is 17.7. The highest BCUT2D eigenvalue weighted by Crippen LogP contribution is 2.48.